The molecule has 0 aliphatic carbocycles. The van der Waals surface area contributed by atoms with Gasteiger partial charge in [0.25, 0.3) is 0 Å². The topological polar surface area (TPSA) is 24.9 Å². The number of nitrogens with zero attached hydrogens (tertiary/aromatic N) is 1. The molecule has 2 aromatic rings. The summed E-state index contributed by atoms with van der Waals surface area (Å²) in [5, 5.41) is 9.58. The molecule has 0 spiro atoms. The first-order valence-corrected chi connectivity index (χ1v) is 5.88. The van der Waals surface area contributed by atoms with E-state index in [0.29, 0.717) is 0 Å². The summed E-state index contributed by atoms with van der Waals surface area (Å²) in [4.78, 5) is 4.30. The number of hydrogen-bond donors (Lipinski definition) is 1. The molecular weight excluding hydrogens is 200 g/mol. The molecule has 1 N–H and O–H groups in total. The van der Waals surface area contributed by atoms with Gasteiger partial charge in [-0.15, -0.1) is 11.3 Å². The molecule has 68 valence electrons. The Morgan fingerprint density at radius 2 is 2.31 bits per heavy atom. The maximum absolute atomic E-state index is 4.30. The van der Waals surface area contributed by atoms with Crippen molar-refractivity contribution in [1.82, 2.24) is 10.3 Å². The Bertz CT molecular complexity index is 305. The van der Waals surface area contributed by atoms with E-state index in [9.17, 15) is 0 Å². The number of nitrogens with one attached hydrogen (secondary N) is 1. The lowest BCUT2D eigenvalue weighted by Crippen LogP contribution is -2.17. The minimum atomic E-state index is 0.248. The molecule has 0 saturated carbocycles. The lowest BCUT2D eigenvalue weighted by Gasteiger charge is -2.11. The van der Waals surface area contributed by atoms with E-state index in [1.807, 2.05) is 12.6 Å². The van der Waals surface area contributed by atoms with E-state index in [4.69, 9.17) is 0 Å². The molecule has 2 nitrogen and oxygen atoms in total. The molecule has 0 fully saturated rings. The Morgan fingerprint density at radius 1 is 1.38 bits per heavy atom. The summed E-state index contributed by atoms with van der Waals surface area (Å²) in [6.07, 6.45) is 0. The smallest absolute Gasteiger partial charge is 0.0795 e. The van der Waals surface area contributed by atoms with Crippen molar-refractivity contribution in [2.45, 2.75) is 6.04 Å². The average Bonchev–Trinajstić information content (AvgIpc) is 2.76. The van der Waals surface area contributed by atoms with Crippen LogP contribution >= 0.6 is 22.7 Å². The fourth-order valence-electron chi connectivity index (χ4n) is 1.29. The first-order valence-electron chi connectivity index (χ1n) is 3.99. The molecule has 0 bridgehead atoms. The zero-order valence-corrected chi connectivity index (χ0v) is 8.86. The van der Waals surface area contributed by atoms with Crippen LogP contribution in [0.4, 0.5) is 0 Å². The Labute approximate surface area is 85.3 Å². The average molecular weight is 210 g/mol. The molecule has 0 radical (unpaired) electrons. The van der Waals surface area contributed by atoms with Crippen LogP contribution in [0.3, 0.4) is 0 Å². The van der Waals surface area contributed by atoms with Gasteiger partial charge < -0.3 is 5.32 Å². The van der Waals surface area contributed by atoms with Gasteiger partial charge >= 0.3 is 0 Å². The Morgan fingerprint density at radius 3 is 2.85 bits per heavy atom. The second kappa shape index (κ2) is 4.00. The highest BCUT2D eigenvalue weighted by molar-refractivity contribution is 7.08. The first-order chi connectivity index (χ1) is 6.42. The number of thiophene rings is 1. The molecule has 4 heteroatoms. The summed E-state index contributed by atoms with van der Waals surface area (Å²) < 4.78 is 0. The third kappa shape index (κ3) is 1.80. The third-order valence-electron chi connectivity index (χ3n) is 1.91. The standard InChI is InChI=1S/C9H10N2S2/c1-10-9(7-2-3-12-4-7)8-5-13-6-11-8/h2-6,9-10H,1H3. The summed E-state index contributed by atoms with van der Waals surface area (Å²) in [5.41, 5.74) is 4.26. The molecule has 0 aliphatic rings. The van der Waals surface area contributed by atoms with Gasteiger partial charge in [-0.25, -0.2) is 4.98 Å². The van der Waals surface area contributed by atoms with Crippen molar-refractivity contribution < 1.29 is 0 Å². The van der Waals surface area contributed by atoms with Crippen LogP contribution in [0.25, 0.3) is 0 Å². The summed E-state index contributed by atoms with van der Waals surface area (Å²) in [5.74, 6) is 0. The van der Waals surface area contributed by atoms with Crippen molar-refractivity contribution >= 4 is 22.7 Å². The largest absolute Gasteiger partial charge is 0.308 e. The highest BCUT2D eigenvalue weighted by atomic mass is 32.1. The molecular formula is C9H10N2S2. The molecule has 0 amide bonds. The maximum atomic E-state index is 4.30. The quantitative estimate of drug-likeness (QED) is 0.842. The van der Waals surface area contributed by atoms with Crippen molar-refractivity contribution in [2.24, 2.45) is 0 Å². The van der Waals surface area contributed by atoms with Crippen LogP contribution in [0.1, 0.15) is 17.3 Å². The first kappa shape index (κ1) is 8.87. The van der Waals surface area contributed by atoms with Gasteiger partial charge in [-0.2, -0.15) is 11.3 Å². The van der Waals surface area contributed by atoms with E-state index in [-0.39, 0.29) is 6.04 Å². The van der Waals surface area contributed by atoms with Gasteiger partial charge in [0.15, 0.2) is 0 Å². The molecule has 2 rings (SSSR count). The molecule has 1 unspecified atom stereocenters. The van der Waals surface area contributed by atoms with E-state index in [0.717, 1.165) is 5.69 Å². The monoisotopic (exact) mass is 210 g/mol. The van der Waals surface area contributed by atoms with Crippen molar-refractivity contribution in [2.75, 3.05) is 7.05 Å². The van der Waals surface area contributed by atoms with E-state index in [1.165, 1.54) is 5.56 Å². The van der Waals surface area contributed by atoms with Gasteiger partial charge in [-0.1, -0.05) is 0 Å². The predicted octanol–water partition coefficient (Wildman–Crippen LogP) is 2.51. The Kier molecular flexibility index (Phi) is 2.73. The zero-order chi connectivity index (χ0) is 9.10. The van der Waals surface area contributed by atoms with E-state index in [2.05, 4.69) is 32.5 Å². The molecule has 0 saturated heterocycles. The number of hydrogen-bond acceptors (Lipinski definition) is 4. The summed E-state index contributed by atoms with van der Waals surface area (Å²) in [7, 11) is 1.96. The van der Waals surface area contributed by atoms with Gasteiger partial charge in [0.05, 0.1) is 17.2 Å². The van der Waals surface area contributed by atoms with Crippen molar-refractivity contribution in [3.63, 3.8) is 0 Å². The minimum Gasteiger partial charge on any atom is -0.308 e. The van der Waals surface area contributed by atoms with Crippen molar-refractivity contribution in [3.8, 4) is 0 Å². The van der Waals surface area contributed by atoms with Gasteiger partial charge in [0.1, 0.15) is 0 Å². The zero-order valence-electron chi connectivity index (χ0n) is 7.23. The van der Waals surface area contributed by atoms with Crippen LogP contribution in [0.15, 0.2) is 27.7 Å². The van der Waals surface area contributed by atoms with Crippen LogP contribution in [-0.4, -0.2) is 12.0 Å². The summed E-state index contributed by atoms with van der Waals surface area (Å²) >= 11 is 3.35. The Balaban J connectivity index is 2.29. The number of aromatic nitrogens is 1. The highest BCUT2D eigenvalue weighted by Gasteiger charge is 2.13. The predicted molar refractivity (Wildman–Crippen MR) is 57.3 cm³/mol. The van der Waals surface area contributed by atoms with Gasteiger partial charge in [-0.05, 0) is 29.4 Å². The molecule has 1 atom stereocenters. The molecule has 0 aromatic carbocycles. The summed E-state index contributed by atoms with van der Waals surface area (Å²) in [6.45, 7) is 0. The minimum absolute atomic E-state index is 0.248. The van der Waals surface area contributed by atoms with Crippen LogP contribution in [0.5, 0.6) is 0 Å². The molecule has 0 aliphatic heterocycles. The van der Waals surface area contributed by atoms with Crippen molar-refractivity contribution in [1.29, 1.82) is 0 Å². The highest BCUT2D eigenvalue weighted by Crippen LogP contribution is 2.23. The number of thiazole rings is 1. The maximum Gasteiger partial charge on any atom is 0.0795 e. The van der Waals surface area contributed by atoms with Crippen LogP contribution in [0, 0.1) is 0 Å². The van der Waals surface area contributed by atoms with Crippen LogP contribution in [0.2, 0.25) is 0 Å². The fraction of sp³-hybridized carbons (Fsp3) is 0.222. The molecule has 13 heavy (non-hydrogen) atoms. The van der Waals surface area contributed by atoms with Crippen LogP contribution in [-0.2, 0) is 0 Å². The van der Waals surface area contributed by atoms with E-state index in [1.54, 1.807) is 22.7 Å². The number of rotatable bonds is 3. The van der Waals surface area contributed by atoms with Gasteiger partial charge in [0.2, 0.25) is 0 Å². The molecule has 2 heterocycles. The lowest BCUT2D eigenvalue weighted by molar-refractivity contribution is 0.678. The lowest BCUT2D eigenvalue weighted by atomic mass is 10.1. The Hall–Kier alpha value is -0.710. The fourth-order valence-corrected chi connectivity index (χ4v) is 2.55. The van der Waals surface area contributed by atoms with Gasteiger partial charge in [0, 0.05) is 5.38 Å². The normalized spacial score (nSPS) is 13.0. The third-order valence-corrected chi connectivity index (χ3v) is 3.22. The molecule has 2 aromatic heterocycles. The van der Waals surface area contributed by atoms with E-state index >= 15 is 0 Å². The van der Waals surface area contributed by atoms with E-state index < -0.39 is 0 Å². The van der Waals surface area contributed by atoms with Gasteiger partial charge in [-0.3, -0.25) is 0 Å². The second-order valence-electron chi connectivity index (χ2n) is 2.69. The van der Waals surface area contributed by atoms with Crippen LogP contribution < -0.4 is 5.32 Å². The van der Waals surface area contributed by atoms with Crippen molar-refractivity contribution in [3.05, 3.63) is 39.0 Å². The SMILES string of the molecule is CNC(c1ccsc1)c1cscn1. The second-order valence-corrected chi connectivity index (χ2v) is 4.19. The summed E-state index contributed by atoms with van der Waals surface area (Å²) in [6, 6.07) is 2.38.